The van der Waals surface area contributed by atoms with Crippen LogP contribution in [0.4, 0.5) is 0 Å². The van der Waals surface area contributed by atoms with E-state index < -0.39 is 6.29 Å². The van der Waals surface area contributed by atoms with Crippen molar-refractivity contribution in [3.8, 4) is 0 Å². The van der Waals surface area contributed by atoms with Crippen LogP contribution in [0.25, 0.3) is 0 Å². The first kappa shape index (κ1) is 9.23. The molecule has 1 radical (unpaired) electrons. The summed E-state index contributed by atoms with van der Waals surface area (Å²) in [4.78, 5) is 0. The second-order valence-corrected chi connectivity index (χ2v) is 2.99. The monoisotopic (exact) mass is 165 g/mol. The van der Waals surface area contributed by atoms with Gasteiger partial charge in [-0.2, -0.15) is 5.11 Å². The Balaban J connectivity index is 3.00. The molecule has 0 bridgehead atoms. The molecule has 1 aromatic carbocycles. The number of hydrogen-bond acceptors (Lipinski definition) is 1. The SMILES string of the molecule is COC([O])c1cc(C)cc(C)c1. The minimum absolute atomic E-state index is 0.704. The van der Waals surface area contributed by atoms with Gasteiger partial charge in [0.25, 0.3) is 0 Å². The molecule has 1 rings (SSSR count). The van der Waals surface area contributed by atoms with Crippen molar-refractivity contribution in [2.45, 2.75) is 20.1 Å². The zero-order valence-corrected chi connectivity index (χ0v) is 7.63. The average Bonchev–Trinajstić information content (AvgIpc) is 2.01. The van der Waals surface area contributed by atoms with Crippen molar-refractivity contribution in [2.24, 2.45) is 0 Å². The topological polar surface area (TPSA) is 29.1 Å². The maximum atomic E-state index is 11.2. The first-order valence-corrected chi connectivity index (χ1v) is 3.90. The van der Waals surface area contributed by atoms with E-state index in [2.05, 4.69) is 0 Å². The number of hydrogen-bond donors (Lipinski definition) is 0. The number of ether oxygens (including phenoxy) is 1. The average molecular weight is 165 g/mol. The van der Waals surface area contributed by atoms with Gasteiger partial charge in [0.1, 0.15) is 0 Å². The maximum absolute atomic E-state index is 11.2. The smallest absolute Gasteiger partial charge is 0.217 e. The molecule has 0 fully saturated rings. The Morgan fingerprint density at radius 3 is 2.08 bits per heavy atom. The number of benzene rings is 1. The highest BCUT2D eigenvalue weighted by molar-refractivity contribution is 5.29. The van der Waals surface area contributed by atoms with E-state index in [-0.39, 0.29) is 0 Å². The van der Waals surface area contributed by atoms with Crippen LogP contribution in [0.5, 0.6) is 0 Å². The van der Waals surface area contributed by atoms with Gasteiger partial charge in [0.05, 0.1) is 0 Å². The van der Waals surface area contributed by atoms with Crippen LogP contribution in [0.2, 0.25) is 0 Å². The fourth-order valence-corrected chi connectivity index (χ4v) is 1.28. The number of aryl methyl sites for hydroxylation is 2. The van der Waals surface area contributed by atoms with Gasteiger partial charge in [-0.15, -0.1) is 0 Å². The summed E-state index contributed by atoms with van der Waals surface area (Å²) < 4.78 is 4.69. The van der Waals surface area contributed by atoms with E-state index in [1.165, 1.54) is 7.11 Å². The summed E-state index contributed by atoms with van der Waals surface area (Å²) in [5, 5.41) is 11.2. The Morgan fingerprint density at radius 1 is 1.17 bits per heavy atom. The summed E-state index contributed by atoms with van der Waals surface area (Å²) in [7, 11) is 1.43. The van der Waals surface area contributed by atoms with Crippen molar-refractivity contribution < 1.29 is 9.84 Å². The molecule has 0 saturated heterocycles. The first-order valence-electron chi connectivity index (χ1n) is 3.90. The van der Waals surface area contributed by atoms with Crippen LogP contribution in [0.15, 0.2) is 18.2 Å². The van der Waals surface area contributed by atoms with Crippen molar-refractivity contribution in [1.82, 2.24) is 0 Å². The lowest BCUT2D eigenvalue weighted by atomic mass is 10.1. The summed E-state index contributed by atoms with van der Waals surface area (Å²) >= 11 is 0. The molecule has 0 aliphatic rings. The molecule has 2 nitrogen and oxygen atoms in total. The molecular weight excluding hydrogens is 152 g/mol. The molecular formula is C10H13O2. The quantitative estimate of drug-likeness (QED) is 0.618. The van der Waals surface area contributed by atoms with Crippen LogP contribution in [-0.2, 0) is 9.84 Å². The highest BCUT2D eigenvalue weighted by Gasteiger charge is 2.07. The summed E-state index contributed by atoms with van der Waals surface area (Å²) in [5.41, 5.74) is 2.90. The molecule has 1 aromatic rings. The van der Waals surface area contributed by atoms with Crippen molar-refractivity contribution in [1.29, 1.82) is 0 Å². The Hall–Kier alpha value is -0.860. The lowest BCUT2D eigenvalue weighted by molar-refractivity contribution is -0.123. The standard InChI is InChI=1S/C10H13O2/c1-7-4-8(2)6-9(5-7)10(11)12-3/h4-6,10H,1-3H3. The molecule has 0 N–H and O–H groups in total. The van der Waals surface area contributed by atoms with E-state index in [0.717, 1.165) is 11.1 Å². The second-order valence-electron chi connectivity index (χ2n) is 2.99. The summed E-state index contributed by atoms with van der Waals surface area (Å²) in [6.45, 7) is 3.94. The van der Waals surface area contributed by atoms with Crippen molar-refractivity contribution in [3.05, 3.63) is 34.9 Å². The van der Waals surface area contributed by atoms with Crippen molar-refractivity contribution in [2.75, 3.05) is 7.11 Å². The Kier molecular flexibility index (Phi) is 2.84. The first-order chi connectivity index (χ1) is 5.63. The Morgan fingerprint density at radius 2 is 1.67 bits per heavy atom. The van der Waals surface area contributed by atoms with Gasteiger partial charge in [-0.05, 0) is 13.8 Å². The summed E-state index contributed by atoms with van der Waals surface area (Å²) in [6, 6.07) is 5.74. The molecule has 2 heteroatoms. The van der Waals surface area contributed by atoms with Crippen LogP contribution in [0, 0.1) is 13.8 Å². The molecule has 0 spiro atoms. The third-order valence-electron chi connectivity index (χ3n) is 1.73. The molecule has 0 saturated carbocycles. The fraction of sp³-hybridized carbons (Fsp3) is 0.400. The van der Waals surface area contributed by atoms with E-state index in [1.54, 1.807) is 0 Å². The van der Waals surface area contributed by atoms with Gasteiger partial charge in [-0.25, -0.2) is 0 Å². The van der Waals surface area contributed by atoms with Crippen molar-refractivity contribution >= 4 is 0 Å². The molecule has 65 valence electrons. The highest BCUT2D eigenvalue weighted by atomic mass is 16.6. The largest absolute Gasteiger partial charge is 0.349 e. The third-order valence-corrected chi connectivity index (χ3v) is 1.73. The van der Waals surface area contributed by atoms with Gasteiger partial charge in [0, 0.05) is 12.7 Å². The Bertz CT molecular complexity index is 248. The highest BCUT2D eigenvalue weighted by Crippen LogP contribution is 2.17. The van der Waals surface area contributed by atoms with Crippen LogP contribution >= 0.6 is 0 Å². The van der Waals surface area contributed by atoms with Crippen LogP contribution in [-0.4, -0.2) is 7.11 Å². The Labute approximate surface area is 72.8 Å². The molecule has 0 amide bonds. The van der Waals surface area contributed by atoms with Gasteiger partial charge in [-0.1, -0.05) is 29.3 Å². The molecule has 1 atom stereocenters. The van der Waals surface area contributed by atoms with E-state index in [4.69, 9.17) is 4.74 Å². The minimum Gasteiger partial charge on any atom is -0.349 e. The van der Waals surface area contributed by atoms with E-state index in [9.17, 15) is 5.11 Å². The molecule has 0 heterocycles. The van der Waals surface area contributed by atoms with E-state index >= 15 is 0 Å². The second kappa shape index (κ2) is 3.70. The molecule has 0 aromatic heterocycles. The predicted octanol–water partition coefficient (Wildman–Crippen LogP) is 2.38. The third kappa shape index (κ3) is 2.06. The minimum atomic E-state index is -1.05. The summed E-state index contributed by atoms with van der Waals surface area (Å²) in [6.07, 6.45) is -1.05. The van der Waals surface area contributed by atoms with Crippen LogP contribution in [0.3, 0.4) is 0 Å². The van der Waals surface area contributed by atoms with E-state index in [0.29, 0.717) is 5.56 Å². The normalized spacial score (nSPS) is 13.0. The molecule has 12 heavy (non-hydrogen) atoms. The van der Waals surface area contributed by atoms with Gasteiger partial charge in [0.15, 0.2) is 0 Å². The van der Waals surface area contributed by atoms with Crippen LogP contribution in [0.1, 0.15) is 23.0 Å². The van der Waals surface area contributed by atoms with Gasteiger partial charge < -0.3 is 4.74 Å². The fourth-order valence-electron chi connectivity index (χ4n) is 1.28. The van der Waals surface area contributed by atoms with Gasteiger partial charge >= 0.3 is 0 Å². The zero-order chi connectivity index (χ0) is 9.14. The number of methoxy groups -OCH3 is 1. The molecule has 0 aliphatic heterocycles. The maximum Gasteiger partial charge on any atom is 0.217 e. The zero-order valence-electron chi connectivity index (χ0n) is 7.63. The molecule has 0 aliphatic carbocycles. The molecule has 1 unspecified atom stereocenters. The van der Waals surface area contributed by atoms with Gasteiger partial charge in [0.2, 0.25) is 6.29 Å². The predicted molar refractivity (Wildman–Crippen MR) is 46.4 cm³/mol. The summed E-state index contributed by atoms with van der Waals surface area (Å²) in [5.74, 6) is 0. The van der Waals surface area contributed by atoms with Crippen molar-refractivity contribution in [3.63, 3.8) is 0 Å². The lowest BCUT2D eigenvalue weighted by Crippen LogP contribution is -1.98. The van der Waals surface area contributed by atoms with Crippen LogP contribution < -0.4 is 0 Å². The van der Waals surface area contributed by atoms with Gasteiger partial charge in [-0.3, -0.25) is 0 Å². The number of rotatable bonds is 2. The lowest BCUT2D eigenvalue weighted by Gasteiger charge is -2.08. The van der Waals surface area contributed by atoms with E-state index in [1.807, 2.05) is 32.0 Å².